The minimum absolute atomic E-state index is 0.118. The number of carbonyl (C=O) groups excluding carboxylic acids is 1. The van der Waals surface area contributed by atoms with Gasteiger partial charge in [0.15, 0.2) is 11.5 Å². The zero-order chi connectivity index (χ0) is 15.7. The number of thiophene rings is 1. The van der Waals surface area contributed by atoms with E-state index in [1.165, 1.54) is 22.3 Å². The molecule has 0 bridgehead atoms. The van der Waals surface area contributed by atoms with E-state index in [-0.39, 0.29) is 5.69 Å². The lowest BCUT2D eigenvalue weighted by Crippen LogP contribution is -2.48. The third kappa shape index (κ3) is 2.86. The molecule has 1 fully saturated rings. The van der Waals surface area contributed by atoms with Crippen molar-refractivity contribution in [3.8, 4) is 10.6 Å². The van der Waals surface area contributed by atoms with Crippen LogP contribution in [0.4, 0.5) is 0 Å². The number of rotatable bonds is 3. The Morgan fingerprint density at radius 3 is 2.91 bits per heavy atom. The molecule has 6 nitrogen and oxygen atoms in total. The van der Waals surface area contributed by atoms with Crippen LogP contribution >= 0.6 is 22.9 Å². The van der Waals surface area contributed by atoms with Gasteiger partial charge in [0, 0.05) is 12.6 Å². The van der Waals surface area contributed by atoms with E-state index in [0.29, 0.717) is 23.1 Å². The van der Waals surface area contributed by atoms with Crippen LogP contribution in [0.2, 0.25) is 4.34 Å². The molecular weight excluding hydrogens is 328 g/mol. The highest BCUT2D eigenvalue weighted by Gasteiger charge is 2.33. The second-order valence-electron chi connectivity index (χ2n) is 5.03. The van der Waals surface area contributed by atoms with E-state index in [1.807, 2.05) is 0 Å². The molecule has 1 unspecified atom stereocenters. The van der Waals surface area contributed by atoms with Crippen molar-refractivity contribution in [2.75, 3.05) is 6.54 Å². The molecule has 2 aromatic heterocycles. The van der Waals surface area contributed by atoms with Crippen LogP contribution in [0, 0.1) is 0 Å². The number of hydrogen-bond acceptors (Lipinski definition) is 5. The average Bonchev–Trinajstić information content (AvgIpc) is 3.15. The molecule has 1 saturated heterocycles. The predicted molar refractivity (Wildman–Crippen MR) is 81.1 cm³/mol. The highest BCUT2D eigenvalue weighted by Crippen LogP contribution is 2.31. The normalized spacial score (nSPS) is 18.4. The van der Waals surface area contributed by atoms with Crippen molar-refractivity contribution in [1.29, 1.82) is 0 Å². The molecule has 0 aromatic carbocycles. The van der Waals surface area contributed by atoms with Gasteiger partial charge in [-0.15, -0.1) is 11.3 Å². The number of hydrogen-bond donors (Lipinski definition) is 1. The molecule has 1 atom stereocenters. The van der Waals surface area contributed by atoms with Gasteiger partial charge < -0.3 is 14.5 Å². The second-order valence-corrected chi connectivity index (χ2v) is 6.74. The molecule has 1 aliphatic rings. The number of amides is 1. The number of carbonyl (C=O) groups is 2. The van der Waals surface area contributed by atoms with Crippen LogP contribution in [-0.4, -0.2) is 39.6 Å². The fourth-order valence-corrected chi connectivity index (χ4v) is 3.51. The topological polar surface area (TPSA) is 83.6 Å². The summed E-state index contributed by atoms with van der Waals surface area (Å²) in [5.74, 6) is -0.948. The van der Waals surface area contributed by atoms with E-state index in [4.69, 9.17) is 16.1 Å². The van der Waals surface area contributed by atoms with Crippen LogP contribution in [0.5, 0.6) is 0 Å². The molecule has 3 rings (SSSR count). The van der Waals surface area contributed by atoms with Gasteiger partial charge >= 0.3 is 5.97 Å². The molecule has 8 heteroatoms. The van der Waals surface area contributed by atoms with Crippen molar-refractivity contribution in [1.82, 2.24) is 10.1 Å². The third-order valence-electron chi connectivity index (χ3n) is 3.59. The molecule has 0 aliphatic carbocycles. The fraction of sp³-hybridized carbons (Fsp3) is 0.357. The van der Waals surface area contributed by atoms with E-state index >= 15 is 0 Å². The number of likely N-dealkylation sites (tertiary alicyclic amines) is 1. The summed E-state index contributed by atoms with van der Waals surface area (Å²) < 4.78 is 5.79. The van der Waals surface area contributed by atoms with Crippen molar-refractivity contribution >= 4 is 34.8 Å². The second kappa shape index (κ2) is 6.10. The summed E-state index contributed by atoms with van der Waals surface area (Å²) >= 11 is 7.19. The van der Waals surface area contributed by atoms with E-state index in [2.05, 4.69) is 5.16 Å². The highest BCUT2D eigenvalue weighted by atomic mass is 35.5. The van der Waals surface area contributed by atoms with Crippen LogP contribution in [0.1, 0.15) is 29.8 Å². The van der Waals surface area contributed by atoms with Crippen molar-refractivity contribution in [3.05, 3.63) is 28.2 Å². The average molecular weight is 341 g/mol. The number of carboxylic acid groups (broad SMARTS) is 1. The summed E-state index contributed by atoms with van der Waals surface area (Å²) in [6, 6.07) is 4.25. The molecule has 2 aromatic rings. The SMILES string of the molecule is O=C(O)C1CCCCN1C(=O)c1cc(-c2ccc(Cl)s2)on1. The molecule has 0 radical (unpaired) electrons. The lowest BCUT2D eigenvalue weighted by molar-refractivity contribution is -0.143. The summed E-state index contributed by atoms with van der Waals surface area (Å²) in [6.07, 6.45) is 2.06. The molecule has 116 valence electrons. The largest absolute Gasteiger partial charge is 0.480 e. The minimum atomic E-state index is -0.984. The third-order valence-corrected chi connectivity index (χ3v) is 4.84. The van der Waals surface area contributed by atoms with E-state index < -0.39 is 17.9 Å². The quantitative estimate of drug-likeness (QED) is 0.928. The Morgan fingerprint density at radius 1 is 1.41 bits per heavy atom. The minimum Gasteiger partial charge on any atom is -0.480 e. The van der Waals surface area contributed by atoms with Crippen molar-refractivity contribution in [2.45, 2.75) is 25.3 Å². The smallest absolute Gasteiger partial charge is 0.326 e. The maximum atomic E-state index is 12.5. The molecule has 0 spiro atoms. The molecule has 1 aliphatic heterocycles. The number of aromatic nitrogens is 1. The Kier molecular flexibility index (Phi) is 4.17. The Balaban J connectivity index is 1.83. The van der Waals surface area contributed by atoms with Crippen LogP contribution in [0.25, 0.3) is 10.6 Å². The van der Waals surface area contributed by atoms with E-state index in [0.717, 1.165) is 17.7 Å². The Labute approximate surface area is 135 Å². The zero-order valence-electron chi connectivity index (χ0n) is 11.5. The monoisotopic (exact) mass is 340 g/mol. The van der Waals surface area contributed by atoms with Gasteiger partial charge in [0.05, 0.1) is 9.21 Å². The van der Waals surface area contributed by atoms with E-state index in [1.54, 1.807) is 12.1 Å². The summed E-state index contributed by atoms with van der Waals surface area (Å²) in [6.45, 7) is 0.419. The first-order valence-electron chi connectivity index (χ1n) is 6.82. The summed E-state index contributed by atoms with van der Waals surface area (Å²) in [5.41, 5.74) is 0.118. The zero-order valence-corrected chi connectivity index (χ0v) is 13.1. The maximum absolute atomic E-state index is 12.5. The first-order chi connectivity index (χ1) is 10.6. The van der Waals surface area contributed by atoms with E-state index in [9.17, 15) is 14.7 Å². The molecule has 22 heavy (non-hydrogen) atoms. The van der Waals surface area contributed by atoms with Crippen LogP contribution in [0.15, 0.2) is 22.7 Å². The van der Waals surface area contributed by atoms with Crippen molar-refractivity contribution < 1.29 is 19.2 Å². The Bertz CT molecular complexity index is 711. The lowest BCUT2D eigenvalue weighted by atomic mass is 10.0. The first kappa shape index (κ1) is 15.1. The summed E-state index contributed by atoms with van der Waals surface area (Å²) in [5, 5.41) is 13.0. The van der Waals surface area contributed by atoms with Gasteiger partial charge in [-0.05, 0) is 31.4 Å². The van der Waals surface area contributed by atoms with Crippen LogP contribution in [-0.2, 0) is 4.79 Å². The van der Waals surface area contributed by atoms with Crippen LogP contribution in [0.3, 0.4) is 0 Å². The van der Waals surface area contributed by atoms with Gasteiger partial charge in [-0.1, -0.05) is 16.8 Å². The molecule has 1 amide bonds. The van der Waals surface area contributed by atoms with Crippen LogP contribution < -0.4 is 0 Å². The Hall–Kier alpha value is -1.86. The predicted octanol–water partition coefficient (Wildman–Crippen LogP) is 3.14. The number of halogens is 1. The van der Waals surface area contributed by atoms with Gasteiger partial charge in [-0.25, -0.2) is 4.79 Å². The molecular formula is C14H13ClN2O4S. The number of carboxylic acids is 1. The molecule has 0 saturated carbocycles. The fourth-order valence-electron chi connectivity index (χ4n) is 2.52. The number of piperidine rings is 1. The summed E-state index contributed by atoms with van der Waals surface area (Å²) in [7, 11) is 0. The summed E-state index contributed by atoms with van der Waals surface area (Å²) in [4.78, 5) is 25.9. The standard InChI is InChI=1S/C14H13ClN2O4S/c15-12-5-4-11(22-12)10-7-8(16-21-10)13(18)17-6-2-1-3-9(17)14(19)20/h4-5,7,9H,1-3,6H2,(H,19,20). The van der Waals surface area contributed by atoms with Crippen molar-refractivity contribution in [3.63, 3.8) is 0 Å². The number of nitrogens with zero attached hydrogens (tertiary/aromatic N) is 2. The first-order valence-corrected chi connectivity index (χ1v) is 8.02. The van der Waals surface area contributed by atoms with Gasteiger partial charge in [0.25, 0.3) is 5.91 Å². The van der Waals surface area contributed by atoms with Gasteiger partial charge in [0.1, 0.15) is 6.04 Å². The molecule has 1 N–H and O–H groups in total. The highest BCUT2D eigenvalue weighted by molar-refractivity contribution is 7.19. The maximum Gasteiger partial charge on any atom is 0.326 e. The van der Waals surface area contributed by atoms with Crippen molar-refractivity contribution in [2.24, 2.45) is 0 Å². The Morgan fingerprint density at radius 2 is 2.23 bits per heavy atom. The number of aliphatic carboxylic acids is 1. The lowest BCUT2D eigenvalue weighted by Gasteiger charge is -2.32. The van der Waals surface area contributed by atoms with Gasteiger partial charge in [-0.2, -0.15) is 0 Å². The van der Waals surface area contributed by atoms with Gasteiger partial charge in [-0.3, -0.25) is 4.79 Å². The van der Waals surface area contributed by atoms with Gasteiger partial charge in [0.2, 0.25) is 0 Å². The molecule has 3 heterocycles.